The van der Waals surface area contributed by atoms with Crippen molar-refractivity contribution in [3.8, 4) is 0 Å². The molecule has 1 atom stereocenters. The van der Waals surface area contributed by atoms with Crippen LogP contribution in [0.3, 0.4) is 0 Å². The zero-order valence-electron chi connectivity index (χ0n) is 16.3. The lowest BCUT2D eigenvalue weighted by atomic mass is 9.95. The van der Waals surface area contributed by atoms with Gasteiger partial charge in [0.05, 0.1) is 0 Å². The number of fused-ring (bicyclic) bond motifs is 1. The highest BCUT2D eigenvalue weighted by molar-refractivity contribution is 6.36. The topological polar surface area (TPSA) is 49.4 Å². The van der Waals surface area contributed by atoms with Gasteiger partial charge in [0.1, 0.15) is 6.04 Å². The van der Waals surface area contributed by atoms with Crippen LogP contribution in [0.25, 0.3) is 0 Å². The second kappa shape index (κ2) is 8.14. The summed E-state index contributed by atoms with van der Waals surface area (Å²) in [5.41, 5.74) is 2.04. The van der Waals surface area contributed by atoms with Crippen LogP contribution in [-0.4, -0.2) is 29.8 Å². The van der Waals surface area contributed by atoms with Gasteiger partial charge in [-0.3, -0.25) is 9.59 Å². The number of hydrogen-bond acceptors (Lipinski definition) is 2. The van der Waals surface area contributed by atoms with E-state index in [1.165, 1.54) is 0 Å². The number of carbonyl (C=O) groups is 2. The third-order valence-electron chi connectivity index (χ3n) is 4.69. The van der Waals surface area contributed by atoms with E-state index in [9.17, 15) is 9.59 Å². The van der Waals surface area contributed by atoms with Crippen molar-refractivity contribution in [2.75, 3.05) is 13.1 Å². The Kier molecular flexibility index (Phi) is 6.01. The summed E-state index contributed by atoms with van der Waals surface area (Å²) in [5.74, 6) is -0.287. The van der Waals surface area contributed by atoms with Gasteiger partial charge in [-0.15, -0.1) is 0 Å². The molecule has 0 fully saturated rings. The fourth-order valence-electron chi connectivity index (χ4n) is 3.51. The van der Waals surface area contributed by atoms with Gasteiger partial charge in [0.2, 0.25) is 5.91 Å². The SMILES string of the molecule is CC(C)(C)CN1C(=O)c2ccccc2C1C(=O)NCCc1c(Cl)cccc1Cl. The third-order valence-corrected chi connectivity index (χ3v) is 5.40. The summed E-state index contributed by atoms with van der Waals surface area (Å²) in [6.07, 6.45) is 0.520. The second-order valence-corrected chi connectivity index (χ2v) is 9.04. The number of hydrogen-bond donors (Lipinski definition) is 1. The molecular formula is C22H24Cl2N2O2. The standard InChI is InChI=1S/C22H24Cl2N2O2/c1-22(2,3)13-26-19(14-7-4-5-8-15(14)21(26)28)20(27)25-12-11-16-17(23)9-6-10-18(16)24/h4-10,19H,11-13H2,1-3H3,(H,25,27). The van der Waals surface area contributed by atoms with E-state index in [-0.39, 0.29) is 17.2 Å². The molecule has 0 spiro atoms. The number of nitrogens with zero attached hydrogens (tertiary/aromatic N) is 1. The summed E-state index contributed by atoms with van der Waals surface area (Å²) in [6, 6.07) is 12.0. The summed E-state index contributed by atoms with van der Waals surface area (Å²) < 4.78 is 0. The highest BCUT2D eigenvalue weighted by atomic mass is 35.5. The normalized spacial score (nSPS) is 16.2. The van der Waals surface area contributed by atoms with Gasteiger partial charge in [-0.25, -0.2) is 0 Å². The zero-order valence-corrected chi connectivity index (χ0v) is 17.8. The number of rotatable bonds is 5. The highest BCUT2D eigenvalue weighted by Crippen LogP contribution is 2.36. The molecule has 1 unspecified atom stereocenters. The molecule has 0 aliphatic carbocycles. The lowest BCUT2D eigenvalue weighted by Gasteiger charge is -2.31. The Morgan fingerprint density at radius 3 is 2.36 bits per heavy atom. The predicted octanol–water partition coefficient (Wildman–Crippen LogP) is 4.90. The molecule has 3 rings (SSSR count). The first kappa shape index (κ1) is 20.7. The van der Waals surface area contributed by atoms with E-state index in [0.717, 1.165) is 11.1 Å². The van der Waals surface area contributed by atoms with Crippen LogP contribution in [0, 0.1) is 5.41 Å². The van der Waals surface area contributed by atoms with Crippen molar-refractivity contribution in [2.24, 2.45) is 5.41 Å². The van der Waals surface area contributed by atoms with Crippen LogP contribution in [-0.2, 0) is 11.2 Å². The van der Waals surface area contributed by atoms with Crippen molar-refractivity contribution < 1.29 is 9.59 Å². The number of nitrogens with one attached hydrogen (secondary N) is 1. The van der Waals surface area contributed by atoms with E-state index in [1.807, 2.05) is 18.2 Å². The second-order valence-electron chi connectivity index (χ2n) is 8.22. The van der Waals surface area contributed by atoms with Crippen molar-refractivity contribution >= 4 is 35.0 Å². The van der Waals surface area contributed by atoms with Crippen LogP contribution in [0.4, 0.5) is 0 Å². The van der Waals surface area contributed by atoms with Gasteiger partial charge >= 0.3 is 0 Å². The van der Waals surface area contributed by atoms with Crippen LogP contribution < -0.4 is 5.32 Å². The number of carbonyl (C=O) groups excluding carboxylic acids is 2. The maximum Gasteiger partial charge on any atom is 0.255 e. The number of amides is 2. The molecule has 1 aliphatic rings. The van der Waals surface area contributed by atoms with E-state index >= 15 is 0 Å². The molecule has 1 heterocycles. The molecule has 2 aromatic carbocycles. The highest BCUT2D eigenvalue weighted by Gasteiger charge is 2.42. The fraction of sp³-hybridized carbons (Fsp3) is 0.364. The minimum Gasteiger partial charge on any atom is -0.354 e. The molecule has 4 nitrogen and oxygen atoms in total. The number of benzene rings is 2. The molecule has 148 valence electrons. The summed E-state index contributed by atoms with van der Waals surface area (Å²) in [4.78, 5) is 27.6. The van der Waals surface area contributed by atoms with Gasteiger partial charge < -0.3 is 10.2 Å². The zero-order chi connectivity index (χ0) is 20.5. The molecule has 0 radical (unpaired) electrons. The molecule has 0 saturated heterocycles. The van der Waals surface area contributed by atoms with Gasteiger partial charge in [-0.1, -0.05) is 68.2 Å². The molecule has 2 aromatic rings. The summed E-state index contributed by atoms with van der Waals surface area (Å²) in [7, 11) is 0. The van der Waals surface area contributed by atoms with Gasteiger partial charge in [-0.05, 0) is 41.2 Å². The van der Waals surface area contributed by atoms with Crippen LogP contribution in [0.15, 0.2) is 42.5 Å². The Balaban J connectivity index is 1.77. The minimum atomic E-state index is -0.621. The maximum absolute atomic E-state index is 13.0. The quantitative estimate of drug-likeness (QED) is 0.750. The average Bonchev–Trinajstić information content (AvgIpc) is 2.88. The van der Waals surface area contributed by atoms with Crippen molar-refractivity contribution in [2.45, 2.75) is 33.2 Å². The largest absolute Gasteiger partial charge is 0.354 e. The minimum absolute atomic E-state index is 0.0974. The average molecular weight is 419 g/mol. The van der Waals surface area contributed by atoms with Gasteiger partial charge in [0.15, 0.2) is 0 Å². The van der Waals surface area contributed by atoms with E-state index in [1.54, 1.807) is 29.2 Å². The molecule has 0 saturated carbocycles. The monoisotopic (exact) mass is 418 g/mol. The molecule has 1 aliphatic heterocycles. The lowest BCUT2D eigenvalue weighted by molar-refractivity contribution is -0.125. The van der Waals surface area contributed by atoms with Gasteiger partial charge in [0, 0.05) is 28.7 Å². The van der Waals surface area contributed by atoms with Crippen molar-refractivity contribution in [3.05, 3.63) is 69.2 Å². The van der Waals surface area contributed by atoms with Crippen molar-refractivity contribution in [3.63, 3.8) is 0 Å². The van der Waals surface area contributed by atoms with Crippen LogP contribution in [0.1, 0.15) is 48.3 Å². The fourth-order valence-corrected chi connectivity index (χ4v) is 4.09. The van der Waals surface area contributed by atoms with Gasteiger partial charge in [0.25, 0.3) is 5.91 Å². The van der Waals surface area contributed by atoms with Crippen molar-refractivity contribution in [1.82, 2.24) is 10.2 Å². The molecule has 28 heavy (non-hydrogen) atoms. The molecule has 0 bridgehead atoms. The molecule has 2 amide bonds. The summed E-state index contributed by atoms with van der Waals surface area (Å²) in [6.45, 7) is 7.04. The third kappa shape index (κ3) is 4.34. The Bertz CT molecular complexity index is 885. The van der Waals surface area contributed by atoms with E-state index in [4.69, 9.17) is 23.2 Å². The summed E-state index contributed by atoms with van der Waals surface area (Å²) >= 11 is 12.4. The first-order chi connectivity index (χ1) is 13.2. The van der Waals surface area contributed by atoms with Crippen LogP contribution in [0.5, 0.6) is 0 Å². The van der Waals surface area contributed by atoms with Crippen molar-refractivity contribution in [1.29, 1.82) is 0 Å². The Morgan fingerprint density at radius 1 is 1.07 bits per heavy atom. The Morgan fingerprint density at radius 2 is 1.71 bits per heavy atom. The van der Waals surface area contributed by atoms with E-state index < -0.39 is 6.04 Å². The Hall–Kier alpha value is -2.04. The summed E-state index contributed by atoms with van der Waals surface area (Å²) in [5, 5.41) is 4.12. The Labute approximate surface area is 175 Å². The van der Waals surface area contributed by atoms with Gasteiger partial charge in [-0.2, -0.15) is 0 Å². The van der Waals surface area contributed by atoms with E-state index in [0.29, 0.717) is 35.1 Å². The van der Waals surface area contributed by atoms with Crippen LogP contribution in [0.2, 0.25) is 10.0 Å². The van der Waals surface area contributed by atoms with E-state index in [2.05, 4.69) is 26.1 Å². The smallest absolute Gasteiger partial charge is 0.255 e. The molecule has 6 heteroatoms. The maximum atomic E-state index is 13.0. The lowest BCUT2D eigenvalue weighted by Crippen LogP contribution is -2.43. The number of halogens is 2. The van der Waals surface area contributed by atoms with Crippen LogP contribution >= 0.6 is 23.2 Å². The molecule has 1 N–H and O–H groups in total. The molecule has 0 aromatic heterocycles. The molecular weight excluding hydrogens is 395 g/mol. The first-order valence-electron chi connectivity index (χ1n) is 9.29. The first-order valence-corrected chi connectivity index (χ1v) is 10.0. The predicted molar refractivity (Wildman–Crippen MR) is 113 cm³/mol.